The van der Waals surface area contributed by atoms with Crippen molar-refractivity contribution in [3.63, 3.8) is 0 Å². The number of thioether (sulfide) groups is 1. The number of carbonyl (C=O) groups is 2. The van der Waals surface area contributed by atoms with Crippen LogP contribution in [0.5, 0.6) is 0 Å². The zero-order chi connectivity index (χ0) is 27.7. The van der Waals surface area contributed by atoms with E-state index in [9.17, 15) is 14.0 Å². The Hall–Kier alpha value is -3.24. The predicted molar refractivity (Wildman–Crippen MR) is 148 cm³/mol. The molecule has 206 valence electrons. The summed E-state index contributed by atoms with van der Waals surface area (Å²) in [6, 6.07) is 13.0. The van der Waals surface area contributed by atoms with Gasteiger partial charge in [-0.2, -0.15) is 5.10 Å². The van der Waals surface area contributed by atoms with Gasteiger partial charge in [0, 0.05) is 35.9 Å². The van der Waals surface area contributed by atoms with Gasteiger partial charge in [-0.05, 0) is 39.7 Å². The van der Waals surface area contributed by atoms with E-state index in [4.69, 9.17) is 9.84 Å². The summed E-state index contributed by atoms with van der Waals surface area (Å²) in [6.45, 7) is 6.72. The molecule has 3 aromatic rings. The quantitative estimate of drug-likeness (QED) is 0.462. The number of nitrogens with one attached hydrogen (secondary N) is 1. The average molecular weight is 555 g/mol. The minimum absolute atomic E-state index is 0.00749. The van der Waals surface area contributed by atoms with Crippen molar-refractivity contribution in [3.8, 4) is 11.3 Å². The number of aromatic nitrogens is 2. The molecule has 10 heteroatoms. The molecule has 2 atom stereocenters. The van der Waals surface area contributed by atoms with E-state index in [0.717, 1.165) is 24.5 Å². The van der Waals surface area contributed by atoms with Crippen molar-refractivity contribution in [2.45, 2.75) is 50.5 Å². The molecule has 1 saturated heterocycles. The Morgan fingerprint density at radius 2 is 1.95 bits per heavy atom. The molecule has 2 amide bonds. The Morgan fingerprint density at radius 1 is 1.18 bits per heavy atom. The van der Waals surface area contributed by atoms with Crippen LogP contribution < -0.4 is 10.2 Å². The van der Waals surface area contributed by atoms with Crippen molar-refractivity contribution in [2.24, 2.45) is 0 Å². The van der Waals surface area contributed by atoms with Gasteiger partial charge in [-0.15, -0.1) is 11.8 Å². The summed E-state index contributed by atoms with van der Waals surface area (Å²) in [5.41, 5.74) is 1.67. The molecule has 0 radical (unpaired) electrons. The summed E-state index contributed by atoms with van der Waals surface area (Å²) in [6.07, 6.45) is 1.81. The van der Waals surface area contributed by atoms with E-state index in [1.54, 1.807) is 4.68 Å². The zero-order valence-corrected chi connectivity index (χ0v) is 23.1. The first-order valence-corrected chi connectivity index (χ1v) is 14.1. The minimum atomic E-state index is -0.698. The molecule has 2 aliphatic rings. The molecule has 1 aromatic heterocycles. The molecule has 0 bridgehead atoms. The van der Waals surface area contributed by atoms with Crippen LogP contribution in [0.15, 0.2) is 48.5 Å². The Balaban J connectivity index is 1.65. The van der Waals surface area contributed by atoms with E-state index in [0.29, 0.717) is 30.2 Å². The van der Waals surface area contributed by atoms with Gasteiger partial charge in [0.2, 0.25) is 11.8 Å². The van der Waals surface area contributed by atoms with Crippen LogP contribution in [0.2, 0.25) is 0 Å². The Kier molecular flexibility index (Phi) is 7.77. The summed E-state index contributed by atoms with van der Waals surface area (Å²) >= 11 is 1.25. The molecule has 2 aromatic carbocycles. The number of halogens is 2. The highest BCUT2D eigenvalue weighted by molar-refractivity contribution is 8.00. The van der Waals surface area contributed by atoms with Gasteiger partial charge in [0.1, 0.15) is 24.0 Å². The molecule has 5 rings (SSSR count). The molecule has 7 nitrogen and oxygen atoms in total. The molecule has 2 aliphatic heterocycles. The third-order valence-electron chi connectivity index (χ3n) is 6.87. The fourth-order valence-corrected chi connectivity index (χ4v) is 6.21. The minimum Gasteiger partial charge on any atom is -0.376 e. The highest BCUT2D eigenvalue weighted by Gasteiger charge is 2.40. The summed E-state index contributed by atoms with van der Waals surface area (Å²) in [5, 5.41) is 7.21. The maximum absolute atomic E-state index is 15.2. The van der Waals surface area contributed by atoms with Gasteiger partial charge in [0.05, 0.1) is 28.3 Å². The second-order valence-electron chi connectivity index (χ2n) is 10.8. The van der Waals surface area contributed by atoms with E-state index in [2.05, 4.69) is 5.32 Å². The molecular formula is C29H32F2N4O3S. The third-order valence-corrected chi connectivity index (χ3v) is 8.11. The number of hydrogen-bond acceptors (Lipinski definition) is 5. The average Bonchev–Trinajstić information content (AvgIpc) is 3.53. The highest BCUT2D eigenvalue weighted by Crippen LogP contribution is 2.49. The third kappa shape index (κ3) is 5.72. The number of nitrogens with zero attached hydrogens (tertiary/aromatic N) is 3. The number of ether oxygens (including phenoxy) is 1. The molecule has 0 spiro atoms. The van der Waals surface area contributed by atoms with Gasteiger partial charge in [-0.25, -0.2) is 13.5 Å². The van der Waals surface area contributed by atoms with E-state index in [-0.39, 0.29) is 35.8 Å². The van der Waals surface area contributed by atoms with Gasteiger partial charge in [-0.1, -0.05) is 36.4 Å². The highest BCUT2D eigenvalue weighted by atomic mass is 32.2. The molecular weight excluding hydrogens is 522 g/mol. The maximum atomic E-state index is 15.2. The molecule has 0 unspecified atom stereocenters. The Bertz CT molecular complexity index is 1370. The van der Waals surface area contributed by atoms with E-state index in [1.807, 2.05) is 51.1 Å². The van der Waals surface area contributed by atoms with Crippen LogP contribution in [0.1, 0.15) is 50.0 Å². The van der Waals surface area contributed by atoms with Crippen LogP contribution in [0.25, 0.3) is 11.3 Å². The Morgan fingerprint density at radius 3 is 2.62 bits per heavy atom. The summed E-state index contributed by atoms with van der Waals surface area (Å²) in [7, 11) is 0. The van der Waals surface area contributed by atoms with Crippen LogP contribution >= 0.6 is 11.8 Å². The van der Waals surface area contributed by atoms with E-state index < -0.39 is 22.4 Å². The van der Waals surface area contributed by atoms with Crippen molar-refractivity contribution in [3.05, 3.63) is 71.3 Å². The normalized spacial score (nSPS) is 19.6. The second kappa shape index (κ2) is 11.1. The largest absolute Gasteiger partial charge is 0.376 e. The van der Waals surface area contributed by atoms with E-state index in [1.165, 1.54) is 28.8 Å². The lowest BCUT2D eigenvalue weighted by Crippen LogP contribution is -2.45. The molecule has 1 fully saturated rings. The molecule has 0 saturated carbocycles. The SMILES string of the molecule is CC(C)(C)n1nc(-c2ccccc2)c2c1N(CC(=O)NC[C@H]1CCCO1)C(=O)CS[C@H]2c1ccc(F)cc1F. The van der Waals surface area contributed by atoms with Gasteiger partial charge in [0.15, 0.2) is 0 Å². The number of hydrogen-bond donors (Lipinski definition) is 1. The molecule has 0 aliphatic carbocycles. The van der Waals surface area contributed by atoms with Crippen molar-refractivity contribution >= 4 is 29.4 Å². The first-order valence-electron chi connectivity index (χ1n) is 13.1. The van der Waals surface area contributed by atoms with Crippen LogP contribution in [-0.4, -0.2) is 53.1 Å². The number of amides is 2. The fourth-order valence-electron chi connectivity index (χ4n) is 4.99. The van der Waals surface area contributed by atoms with Crippen LogP contribution in [-0.2, 0) is 19.9 Å². The van der Waals surface area contributed by atoms with Gasteiger partial charge < -0.3 is 10.1 Å². The molecule has 39 heavy (non-hydrogen) atoms. The standard InChI is InChI=1S/C29H32F2N4O3S/c1-29(2,3)35-28-25(26(33-35)18-8-5-4-6-9-18)27(21-12-11-19(30)14-22(21)31)39-17-24(37)34(28)16-23(36)32-15-20-10-7-13-38-20/h4-6,8-9,11-12,14,20,27H,7,10,13,15-17H2,1-3H3,(H,32,36)/t20-,27+/m1/s1. The topological polar surface area (TPSA) is 76.5 Å². The van der Waals surface area contributed by atoms with Crippen LogP contribution in [0, 0.1) is 11.6 Å². The number of benzene rings is 2. The number of fused-ring (bicyclic) bond motifs is 1. The monoisotopic (exact) mass is 554 g/mol. The summed E-state index contributed by atoms with van der Waals surface area (Å²) in [4.78, 5) is 28.2. The van der Waals surface area contributed by atoms with Crippen molar-refractivity contribution in [1.82, 2.24) is 15.1 Å². The number of anilines is 1. The lowest BCUT2D eigenvalue weighted by atomic mass is 9.98. The number of rotatable bonds is 6. The molecule has 3 heterocycles. The Labute approximate surface area is 230 Å². The smallest absolute Gasteiger partial charge is 0.240 e. The van der Waals surface area contributed by atoms with Crippen LogP contribution in [0.3, 0.4) is 0 Å². The maximum Gasteiger partial charge on any atom is 0.240 e. The van der Waals surface area contributed by atoms with Gasteiger partial charge >= 0.3 is 0 Å². The van der Waals surface area contributed by atoms with E-state index >= 15 is 4.39 Å². The fraction of sp³-hybridized carbons (Fsp3) is 0.414. The summed E-state index contributed by atoms with van der Waals surface area (Å²) < 4.78 is 36.5. The van der Waals surface area contributed by atoms with Crippen molar-refractivity contribution < 1.29 is 23.1 Å². The van der Waals surface area contributed by atoms with Crippen molar-refractivity contribution in [2.75, 3.05) is 30.3 Å². The van der Waals surface area contributed by atoms with Gasteiger partial charge in [0.25, 0.3) is 0 Å². The molecule has 1 N–H and O–H groups in total. The lowest BCUT2D eigenvalue weighted by Gasteiger charge is -2.29. The van der Waals surface area contributed by atoms with Gasteiger partial charge in [-0.3, -0.25) is 14.5 Å². The first kappa shape index (κ1) is 27.3. The van der Waals surface area contributed by atoms with Crippen LogP contribution in [0.4, 0.5) is 14.6 Å². The lowest BCUT2D eigenvalue weighted by molar-refractivity contribution is -0.123. The number of carbonyl (C=O) groups excluding carboxylic acids is 2. The zero-order valence-electron chi connectivity index (χ0n) is 22.2. The first-order chi connectivity index (χ1) is 18.6. The summed E-state index contributed by atoms with van der Waals surface area (Å²) in [5.74, 6) is -1.53. The second-order valence-corrected chi connectivity index (χ2v) is 11.9. The van der Waals surface area contributed by atoms with Crippen molar-refractivity contribution in [1.29, 1.82) is 0 Å². The predicted octanol–water partition coefficient (Wildman–Crippen LogP) is 5.05.